The third-order valence-electron chi connectivity index (χ3n) is 3.59. The first-order valence-electron chi connectivity index (χ1n) is 8.11. The molecule has 0 saturated carbocycles. The Balaban J connectivity index is 2.07. The molecule has 1 aliphatic rings. The largest absolute Gasteiger partial charge is 0.464 e. The number of ketones is 2. The molecule has 0 unspecified atom stereocenters. The van der Waals surface area contributed by atoms with Gasteiger partial charge in [-0.15, -0.1) is 0 Å². The molecule has 0 amide bonds. The van der Waals surface area contributed by atoms with Gasteiger partial charge in [0.05, 0.1) is 0 Å². The fourth-order valence-electron chi connectivity index (χ4n) is 2.32. The summed E-state index contributed by atoms with van der Waals surface area (Å²) in [6.07, 6.45) is -0.341. The zero-order chi connectivity index (χ0) is 17.9. The normalized spacial score (nSPS) is 15.8. The molecule has 8 nitrogen and oxygen atoms in total. The highest BCUT2D eigenvalue weighted by Gasteiger charge is 2.17. The molecule has 1 aliphatic heterocycles. The molecule has 1 heterocycles. The number of carbonyl (C=O) groups is 4. The number of nitrogens with zero attached hydrogens (tertiary/aromatic N) is 2. The minimum absolute atomic E-state index is 0.171. The molecule has 24 heavy (non-hydrogen) atoms. The van der Waals surface area contributed by atoms with E-state index in [9.17, 15) is 19.2 Å². The quantitative estimate of drug-likeness (QED) is 0.393. The van der Waals surface area contributed by atoms with Crippen molar-refractivity contribution in [3.63, 3.8) is 0 Å². The minimum atomic E-state index is -0.478. The van der Waals surface area contributed by atoms with Gasteiger partial charge in [0, 0.05) is 39.3 Å². The van der Waals surface area contributed by atoms with Crippen LogP contribution >= 0.6 is 0 Å². The lowest BCUT2D eigenvalue weighted by Crippen LogP contribution is -2.48. The molecular weight excluding hydrogens is 316 g/mol. The molecule has 0 aromatic heterocycles. The average Bonchev–Trinajstić information content (AvgIpc) is 2.47. The van der Waals surface area contributed by atoms with E-state index in [0.717, 1.165) is 26.2 Å². The molecule has 0 aliphatic carbocycles. The van der Waals surface area contributed by atoms with Crippen molar-refractivity contribution >= 4 is 23.5 Å². The smallest absolute Gasteiger partial charge is 0.313 e. The molecular formula is C16H26N2O6. The van der Waals surface area contributed by atoms with Gasteiger partial charge in [-0.1, -0.05) is 0 Å². The maximum absolute atomic E-state index is 11.3. The van der Waals surface area contributed by atoms with Gasteiger partial charge in [-0.3, -0.25) is 29.0 Å². The Kier molecular flexibility index (Phi) is 9.18. The first-order chi connectivity index (χ1) is 11.4. The summed E-state index contributed by atoms with van der Waals surface area (Å²) < 4.78 is 10.0. The Bertz CT molecular complexity index is 415. The van der Waals surface area contributed by atoms with Gasteiger partial charge < -0.3 is 9.47 Å². The number of hydrogen-bond acceptors (Lipinski definition) is 8. The summed E-state index contributed by atoms with van der Waals surface area (Å²) in [5.74, 6) is -1.35. The highest BCUT2D eigenvalue weighted by atomic mass is 16.5. The van der Waals surface area contributed by atoms with Crippen molar-refractivity contribution in [3.05, 3.63) is 0 Å². The van der Waals surface area contributed by atoms with E-state index in [2.05, 4.69) is 9.80 Å². The van der Waals surface area contributed by atoms with Crippen LogP contribution in [0.5, 0.6) is 0 Å². The van der Waals surface area contributed by atoms with E-state index in [4.69, 9.17) is 9.47 Å². The van der Waals surface area contributed by atoms with Gasteiger partial charge in [0.15, 0.2) is 0 Å². The Morgan fingerprint density at radius 1 is 0.708 bits per heavy atom. The van der Waals surface area contributed by atoms with Crippen LogP contribution in [-0.4, -0.2) is 85.8 Å². The number of esters is 2. The second-order valence-electron chi connectivity index (χ2n) is 5.88. The number of rotatable bonds is 10. The van der Waals surface area contributed by atoms with Gasteiger partial charge in [-0.2, -0.15) is 0 Å². The summed E-state index contributed by atoms with van der Waals surface area (Å²) in [7, 11) is 0. The van der Waals surface area contributed by atoms with Gasteiger partial charge in [0.2, 0.25) is 0 Å². The van der Waals surface area contributed by atoms with Crippen molar-refractivity contribution in [2.75, 3.05) is 52.5 Å². The van der Waals surface area contributed by atoms with Crippen LogP contribution in [0, 0.1) is 0 Å². The topological polar surface area (TPSA) is 93.2 Å². The molecule has 1 rings (SSSR count). The SMILES string of the molecule is CC(=O)CC(=O)OCCN1CCN(CCOC(=O)CC(C)=O)CC1. The second-order valence-corrected chi connectivity index (χ2v) is 5.88. The van der Waals surface area contributed by atoms with Crippen LogP contribution in [-0.2, 0) is 28.7 Å². The van der Waals surface area contributed by atoms with Crippen LogP contribution in [0.15, 0.2) is 0 Å². The monoisotopic (exact) mass is 342 g/mol. The summed E-state index contributed by atoms with van der Waals surface area (Å²) in [5, 5.41) is 0. The molecule has 0 N–H and O–H groups in total. The Morgan fingerprint density at radius 2 is 1.04 bits per heavy atom. The molecule has 0 spiro atoms. The molecule has 1 fully saturated rings. The van der Waals surface area contributed by atoms with E-state index in [1.807, 2.05) is 0 Å². The highest BCUT2D eigenvalue weighted by Crippen LogP contribution is 2.02. The lowest BCUT2D eigenvalue weighted by molar-refractivity contribution is -0.148. The molecule has 0 atom stereocenters. The van der Waals surface area contributed by atoms with Gasteiger partial charge in [-0.05, 0) is 13.8 Å². The standard InChI is InChI=1S/C16H26N2O6/c1-13(19)11-15(21)23-9-7-17-3-5-18(6-4-17)8-10-24-16(22)12-14(2)20/h3-12H2,1-2H3. The Morgan fingerprint density at radius 3 is 1.33 bits per heavy atom. The molecule has 0 bridgehead atoms. The maximum Gasteiger partial charge on any atom is 0.313 e. The van der Waals surface area contributed by atoms with E-state index in [0.29, 0.717) is 13.1 Å². The molecule has 1 saturated heterocycles. The fourth-order valence-corrected chi connectivity index (χ4v) is 2.32. The minimum Gasteiger partial charge on any atom is -0.464 e. The Labute approximate surface area is 142 Å². The molecule has 0 radical (unpaired) electrons. The summed E-state index contributed by atoms with van der Waals surface area (Å²) >= 11 is 0. The maximum atomic E-state index is 11.3. The average molecular weight is 342 g/mol. The molecule has 8 heteroatoms. The third kappa shape index (κ3) is 9.36. The number of piperazine rings is 1. The number of Topliss-reactive ketones (excluding diaryl/α,β-unsaturated/α-hetero) is 2. The van der Waals surface area contributed by atoms with Crippen LogP contribution in [0.25, 0.3) is 0 Å². The van der Waals surface area contributed by atoms with E-state index in [1.54, 1.807) is 0 Å². The zero-order valence-corrected chi connectivity index (χ0v) is 14.4. The lowest BCUT2D eigenvalue weighted by Gasteiger charge is -2.34. The van der Waals surface area contributed by atoms with Gasteiger partial charge >= 0.3 is 11.9 Å². The van der Waals surface area contributed by atoms with E-state index < -0.39 is 11.9 Å². The lowest BCUT2D eigenvalue weighted by atomic mass is 10.3. The predicted molar refractivity (Wildman–Crippen MR) is 85.4 cm³/mol. The van der Waals surface area contributed by atoms with Crippen molar-refractivity contribution in [1.82, 2.24) is 9.80 Å². The molecule has 0 aromatic carbocycles. The van der Waals surface area contributed by atoms with E-state index >= 15 is 0 Å². The first-order valence-corrected chi connectivity index (χ1v) is 8.11. The predicted octanol–water partition coefficient (Wildman–Crippen LogP) is -0.351. The van der Waals surface area contributed by atoms with Crippen molar-refractivity contribution < 1.29 is 28.7 Å². The number of carbonyl (C=O) groups excluding carboxylic acids is 4. The van der Waals surface area contributed by atoms with Crippen LogP contribution < -0.4 is 0 Å². The van der Waals surface area contributed by atoms with Gasteiger partial charge in [0.1, 0.15) is 37.6 Å². The summed E-state index contributed by atoms with van der Waals surface area (Å²) in [4.78, 5) is 48.4. The summed E-state index contributed by atoms with van der Waals surface area (Å²) in [6, 6.07) is 0. The van der Waals surface area contributed by atoms with Crippen molar-refractivity contribution in [2.24, 2.45) is 0 Å². The molecule has 136 valence electrons. The zero-order valence-electron chi connectivity index (χ0n) is 14.4. The molecule has 0 aromatic rings. The second kappa shape index (κ2) is 10.9. The third-order valence-corrected chi connectivity index (χ3v) is 3.59. The van der Waals surface area contributed by atoms with Gasteiger partial charge in [0.25, 0.3) is 0 Å². The van der Waals surface area contributed by atoms with E-state index in [-0.39, 0.29) is 37.6 Å². The Hall–Kier alpha value is -1.80. The summed E-state index contributed by atoms with van der Waals surface area (Å²) in [6.45, 7) is 7.93. The van der Waals surface area contributed by atoms with Gasteiger partial charge in [-0.25, -0.2) is 0 Å². The van der Waals surface area contributed by atoms with E-state index in [1.165, 1.54) is 13.8 Å². The number of ether oxygens (including phenoxy) is 2. The highest BCUT2D eigenvalue weighted by molar-refractivity contribution is 5.94. The van der Waals surface area contributed by atoms with Crippen LogP contribution in [0.3, 0.4) is 0 Å². The number of hydrogen-bond donors (Lipinski definition) is 0. The van der Waals surface area contributed by atoms with Crippen LogP contribution in [0.4, 0.5) is 0 Å². The summed E-state index contributed by atoms with van der Waals surface area (Å²) in [5.41, 5.74) is 0. The van der Waals surface area contributed by atoms with Crippen molar-refractivity contribution in [3.8, 4) is 0 Å². The van der Waals surface area contributed by atoms with Crippen molar-refractivity contribution in [2.45, 2.75) is 26.7 Å². The first kappa shape index (κ1) is 20.2. The fraction of sp³-hybridized carbons (Fsp3) is 0.750. The van der Waals surface area contributed by atoms with Crippen LogP contribution in [0.2, 0.25) is 0 Å². The van der Waals surface area contributed by atoms with Crippen molar-refractivity contribution in [1.29, 1.82) is 0 Å². The van der Waals surface area contributed by atoms with Crippen LogP contribution in [0.1, 0.15) is 26.7 Å².